The van der Waals surface area contributed by atoms with E-state index in [9.17, 15) is 4.79 Å². The van der Waals surface area contributed by atoms with Crippen LogP contribution in [0.5, 0.6) is 0 Å². The van der Waals surface area contributed by atoms with Crippen LogP contribution < -0.4 is 0 Å². The van der Waals surface area contributed by atoms with Crippen molar-refractivity contribution in [2.24, 2.45) is 0 Å². The van der Waals surface area contributed by atoms with Crippen molar-refractivity contribution in [1.82, 2.24) is 4.90 Å². The van der Waals surface area contributed by atoms with Gasteiger partial charge in [0.1, 0.15) is 5.60 Å². The second-order valence-electron chi connectivity index (χ2n) is 8.10. The molecule has 150 valence electrons. The summed E-state index contributed by atoms with van der Waals surface area (Å²) in [5.74, 6) is 0. The van der Waals surface area contributed by atoms with Crippen LogP contribution in [0.25, 0.3) is 0 Å². The Morgan fingerprint density at radius 3 is 2.75 bits per heavy atom. The lowest BCUT2D eigenvalue weighted by molar-refractivity contribution is 0.0184. The number of hydrogen-bond donors (Lipinski definition) is 1. The zero-order chi connectivity index (χ0) is 20.1. The van der Waals surface area contributed by atoms with Crippen molar-refractivity contribution < 1.29 is 14.3 Å². The minimum absolute atomic E-state index is 0.0283. The molecular weight excluding hydrogens is 372 g/mol. The topological polar surface area (TPSA) is 62.6 Å². The lowest BCUT2D eigenvalue weighted by Crippen LogP contribution is -2.36. The fourth-order valence-electron chi connectivity index (χ4n) is 3.14. The highest BCUT2D eigenvalue weighted by Crippen LogP contribution is 2.19. The maximum atomic E-state index is 12.2. The van der Waals surface area contributed by atoms with Gasteiger partial charge < -0.3 is 19.8 Å². The number of nitrogens with zero attached hydrogens (tertiary/aromatic N) is 1. The van der Waals surface area contributed by atoms with E-state index in [2.05, 4.69) is 6.07 Å². The predicted octanol–water partition coefficient (Wildman–Crippen LogP) is 4.88. The molecule has 0 saturated carbocycles. The van der Waals surface area contributed by atoms with Crippen molar-refractivity contribution in [1.29, 1.82) is 5.41 Å². The summed E-state index contributed by atoms with van der Waals surface area (Å²) in [6.07, 6.45) is 1.19. The minimum atomic E-state index is -0.479. The van der Waals surface area contributed by atoms with Crippen LogP contribution in [0, 0.1) is 5.41 Å². The van der Waals surface area contributed by atoms with Crippen LogP contribution in [-0.4, -0.2) is 41.5 Å². The number of ether oxygens (including phenoxy) is 2. The van der Waals surface area contributed by atoms with E-state index in [0.717, 1.165) is 22.4 Å². The average molecular weight is 401 g/mol. The Morgan fingerprint density at radius 1 is 1.25 bits per heavy atom. The van der Waals surface area contributed by atoms with E-state index in [1.807, 2.05) is 56.5 Å². The Bertz CT molecular complexity index is 811. The summed E-state index contributed by atoms with van der Waals surface area (Å²) >= 11 is 1.60. The molecule has 0 radical (unpaired) electrons. The molecule has 3 rings (SSSR count). The van der Waals surface area contributed by atoms with E-state index >= 15 is 0 Å². The third kappa shape index (κ3) is 5.91. The number of likely N-dealkylation sites (tertiary alicyclic amines) is 1. The first-order chi connectivity index (χ1) is 13.3. The molecule has 1 aliphatic heterocycles. The highest BCUT2D eigenvalue weighted by Gasteiger charge is 2.30. The van der Waals surface area contributed by atoms with Gasteiger partial charge in [-0.1, -0.05) is 30.3 Å². The van der Waals surface area contributed by atoms with Gasteiger partial charge in [0.25, 0.3) is 0 Å². The number of rotatable bonds is 6. The Balaban J connectivity index is 1.49. The van der Waals surface area contributed by atoms with Gasteiger partial charge in [-0.3, -0.25) is 0 Å². The van der Waals surface area contributed by atoms with E-state index in [4.69, 9.17) is 14.9 Å². The number of carbonyl (C=O) groups is 1. The summed E-state index contributed by atoms with van der Waals surface area (Å²) in [4.78, 5) is 14.9. The first-order valence-corrected chi connectivity index (χ1v) is 10.5. The molecule has 1 aromatic carbocycles. The van der Waals surface area contributed by atoms with Gasteiger partial charge in [0, 0.05) is 17.8 Å². The largest absolute Gasteiger partial charge is 0.444 e. The SMILES string of the molecule is CC(C)(C)OC(=O)N1CCC(OCc2cccc(CC(=N)c3cccs3)c2)C1. The highest BCUT2D eigenvalue weighted by atomic mass is 32.1. The van der Waals surface area contributed by atoms with Crippen molar-refractivity contribution in [3.63, 3.8) is 0 Å². The zero-order valence-corrected chi connectivity index (χ0v) is 17.6. The summed E-state index contributed by atoms with van der Waals surface area (Å²) in [5.41, 5.74) is 2.36. The molecule has 28 heavy (non-hydrogen) atoms. The predicted molar refractivity (Wildman–Crippen MR) is 112 cm³/mol. The smallest absolute Gasteiger partial charge is 0.410 e. The van der Waals surface area contributed by atoms with E-state index in [-0.39, 0.29) is 12.2 Å². The maximum absolute atomic E-state index is 12.2. The second kappa shape index (κ2) is 8.88. The highest BCUT2D eigenvalue weighted by molar-refractivity contribution is 7.12. The Hall–Kier alpha value is -2.18. The number of benzene rings is 1. The minimum Gasteiger partial charge on any atom is -0.444 e. The summed E-state index contributed by atoms with van der Waals surface area (Å²) in [5, 5.41) is 10.2. The van der Waals surface area contributed by atoms with Gasteiger partial charge in [0.15, 0.2) is 0 Å². The number of carbonyl (C=O) groups excluding carboxylic acids is 1. The first kappa shape index (κ1) is 20.6. The zero-order valence-electron chi connectivity index (χ0n) is 16.7. The van der Waals surface area contributed by atoms with Gasteiger partial charge in [-0.05, 0) is 49.8 Å². The lowest BCUT2D eigenvalue weighted by atomic mass is 10.0. The summed E-state index contributed by atoms with van der Waals surface area (Å²) in [6.45, 7) is 7.36. The molecule has 1 aliphatic rings. The molecule has 1 N–H and O–H groups in total. The Labute approximate surface area is 170 Å². The number of thiophene rings is 1. The summed E-state index contributed by atoms with van der Waals surface area (Å²) in [6, 6.07) is 12.2. The van der Waals surface area contributed by atoms with Gasteiger partial charge >= 0.3 is 6.09 Å². The van der Waals surface area contributed by atoms with Crippen LogP contribution >= 0.6 is 11.3 Å². The molecule has 1 unspecified atom stereocenters. The number of amides is 1. The number of hydrogen-bond acceptors (Lipinski definition) is 5. The molecule has 2 aromatic rings. The molecule has 1 aromatic heterocycles. The van der Waals surface area contributed by atoms with E-state index in [1.165, 1.54) is 0 Å². The van der Waals surface area contributed by atoms with E-state index < -0.39 is 5.60 Å². The monoisotopic (exact) mass is 400 g/mol. The summed E-state index contributed by atoms with van der Waals surface area (Å²) in [7, 11) is 0. The quantitative estimate of drug-likeness (QED) is 0.703. The summed E-state index contributed by atoms with van der Waals surface area (Å²) < 4.78 is 11.5. The molecule has 1 fully saturated rings. The van der Waals surface area contributed by atoms with E-state index in [0.29, 0.717) is 31.8 Å². The van der Waals surface area contributed by atoms with Crippen LogP contribution in [0.2, 0.25) is 0 Å². The van der Waals surface area contributed by atoms with Gasteiger partial charge in [0.2, 0.25) is 0 Å². The van der Waals surface area contributed by atoms with Crippen molar-refractivity contribution in [2.45, 2.75) is 51.9 Å². The van der Waals surface area contributed by atoms with Crippen molar-refractivity contribution in [2.75, 3.05) is 13.1 Å². The molecule has 1 saturated heterocycles. The standard InChI is InChI=1S/C22H28N2O3S/c1-22(2,3)27-21(25)24-10-9-18(14-24)26-15-17-7-4-6-16(12-17)13-19(23)20-8-5-11-28-20/h4-8,11-12,18,23H,9-10,13-15H2,1-3H3. The van der Waals surface area contributed by atoms with Crippen LogP contribution in [0.1, 0.15) is 43.2 Å². The fraction of sp³-hybridized carbons (Fsp3) is 0.455. The first-order valence-electron chi connectivity index (χ1n) is 9.59. The molecule has 1 amide bonds. The van der Waals surface area contributed by atoms with Crippen LogP contribution in [0.4, 0.5) is 4.79 Å². The normalized spacial score (nSPS) is 17.0. The fourth-order valence-corrected chi connectivity index (χ4v) is 3.82. The van der Waals surface area contributed by atoms with Crippen LogP contribution in [-0.2, 0) is 22.5 Å². The van der Waals surface area contributed by atoms with Gasteiger partial charge in [-0.25, -0.2) is 4.79 Å². The molecule has 0 spiro atoms. The second-order valence-corrected chi connectivity index (χ2v) is 9.05. The molecule has 6 heteroatoms. The molecule has 1 atom stereocenters. The van der Waals surface area contributed by atoms with Crippen molar-refractivity contribution in [3.05, 3.63) is 57.8 Å². The van der Waals surface area contributed by atoms with Gasteiger partial charge in [-0.15, -0.1) is 11.3 Å². The Morgan fingerprint density at radius 2 is 2.04 bits per heavy atom. The molecule has 2 heterocycles. The van der Waals surface area contributed by atoms with Crippen LogP contribution in [0.3, 0.4) is 0 Å². The molecule has 0 bridgehead atoms. The molecule has 0 aliphatic carbocycles. The third-order valence-corrected chi connectivity index (χ3v) is 5.40. The molecule has 5 nitrogen and oxygen atoms in total. The van der Waals surface area contributed by atoms with Gasteiger partial charge in [0.05, 0.1) is 25.0 Å². The van der Waals surface area contributed by atoms with Crippen molar-refractivity contribution in [3.8, 4) is 0 Å². The van der Waals surface area contributed by atoms with Crippen molar-refractivity contribution >= 4 is 23.1 Å². The number of nitrogens with one attached hydrogen (secondary N) is 1. The lowest BCUT2D eigenvalue weighted by Gasteiger charge is -2.24. The maximum Gasteiger partial charge on any atom is 0.410 e. The Kier molecular flexibility index (Phi) is 6.52. The molecular formula is C22H28N2O3S. The third-order valence-electron chi connectivity index (χ3n) is 4.47. The van der Waals surface area contributed by atoms with E-state index in [1.54, 1.807) is 16.2 Å². The van der Waals surface area contributed by atoms with Crippen LogP contribution in [0.15, 0.2) is 41.8 Å². The average Bonchev–Trinajstić information content (AvgIpc) is 3.31. The van der Waals surface area contributed by atoms with Gasteiger partial charge in [-0.2, -0.15) is 0 Å².